The van der Waals surface area contributed by atoms with Gasteiger partial charge in [-0.15, -0.1) is 23.7 Å². The van der Waals surface area contributed by atoms with Gasteiger partial charge in [-0.3, -0.25) is 9.48 Å². The smallest absolute Gasteiger partial charge is 0.270 e. The molecule has 6 nitrogen and oxygen atoms in total. The first-order valence-corrected chi connectivity index (χ1v) is 6.57. The monoisotopic (exact) mass is 301 g/mol. The summed E-state index contributed by atoms with van der Waals surface area (Å²) >= 11 is 1.40. The Morgan fingerprint density at radius 2 is 2.37 bits per heavy atom. The predicted molar refractivity (Wildman–Crippen MR) is 76.4 cm³/mol. The van der Waals surface area contributed by atoms with E-state index in [2.05, 4.69) is 15.4 Å². The molecule has 0 aliphatic carbocycles. The summed E-state index contributed by atoms with van der Waals surface area (Å²) in [6.07, 6.45) is 4.47. The van der Waals surface area contributed by atoms with E-state index in [0.717, 1.165) is 18.0 Å². The molecule has 0 bridgehead atoms. The lowest BCUT2D eigenvalue weighted by atomic mass is 10.4. The molecule has 0 aliphatic rings. The highest BCUT2D eigenvalue weighted by atomic mass is 35.5. The van der Waals surface area contributed by atoms with E-state index >= 15 is 0 Å². The molecular formula is C11H16ClN5OS. The van der Waals surface area contributed by atoms with Crippen molar-refractivity contribution >= 4 is 29.7 Å². The van der Waals surface area contributed by atoms with Crippen molar-refractivity contribution in [1.29, 1.82) is 0 Å². The summed E-state index contributed by atoms with van der Waals surface area (Å²) in [4.78, 5) is 15.8. The third-order valence-electron chi connectivity index (χ3n) is 2.37. The maximum atomic E-state index is 11.7. The third-order valence-corrected chi connectivity index (χ3v) is 3.24. The van der Waals surface area contributed by atoms with Gasteiger partial charge >= 0.3 is 0 Å². The Hall–Kier alpha value is -1.44. The molecule has 104 valence electrons. The average Bonchev–Trinajstić information content (AvgIpc) is 3.05. The normalized spacial score (nSPS) is 9.95. The van der Waals surface area contributed by atoms with Crippen LogP contribution in [-0.4, -0.2) is 27.2 Å². The highest BCUT2D eigenvalue weighted by molar-refractivity contribution is 7.09. The van der Waals surface area contributed by atoms with E-state index in [1.807, 2.05) is 16.9 Å². The van der Waals surface area contributed by atoms with Crippen molar-refractivity contribution in [3.8, 4) is 0 Å². The van der Waals surface area contributed by atoms with Crippen molar-refractivity contribution in [3.05, 3.63) is 34.5 Å². The summed E-state index contributed by atoms with van der Waals surface area (Å²) in [5, 5.41) is 9.41. The number of rotatable bonds is 6. The molecule has 2 aromatic rings. The molecule has 2 aromatic heterocycles. The van der Waals surface area contributed by atoms with E-state index in [9.17, 15) is 4.79 Å². The SMILES string of the molecule is Cl.NCc1nc(C(=O)NCCCn2cccn2)cs1. The Bertz CT molecular complexity index is 499. The van der Waals surface area contributed by atoms with Crippen molar-refractivity contribution in [3.63, 3.8) is 0 Å². The van der Waals surface area contributed by atoms with Gasteiger partial charge < -0.3 is 11.1 Å². The van der Waals surface area contributed by atoms with E-state index in [-0.39, 0.29) is 18.3 Å². The molecule has 3 N–H and O–H groups in total. The lowest BCUT2D eigenvalue weighted by molar-refractivity contribution is 0.0948. The van der Waals surface area contributed by atoms with Crippen molar-refractivity contribution in [2.45, 2.75) is 19.5 Å². The van der Waals surface area contributed by atoms with Crippen molar-refractivity contribution in [2.24, 2.45) is 5.73 Å². The molecule has 2 heterocycles. The summed E-state index contributed by atoms with van der Waals surface area (Å²) < 4.78 is 1.83. The van der Waals surface area contributed by atoms with Gasteiger partial charge in [-0.2, -0.15) is 5.10 Å². The summed E-state index contributed by atoms with van der Waals surface area (Å²) in [7, 11) is 0. The van der Waals surface area contributed by atoms with Crippen molar-refractivity contribution in [2.75, 3.05) is 6.54 Å². The van der Waals surface area contributed by atoms with Gasteiger partial charge in [0.15, 0.2) is 0 Å². The number of carbonyl (C=O) groups excluding carboxylic acids is 1. The predicted octanol–water partition coefficient (Wildman–Crippen LogP) is 1.04. The molecule has 19 heavy (non-hydrogen) atoms. The highest BCUT2D eigenvalue weighted by Crippen LogP contribution is 2.08. The number of thiazole rings is 1. The zero-order valence-electron chi connectivity index (χ0n) is 10.3. The number of nitrogens with one attached hydrogen (secondary N) is 1. The van der Waals surface area contributed by atoms with E-state index in [4.69, 9.17) is 5.73 Å². The summed E-state index contributed by atoms with van der Waals surface area (Å²) in [5.41, 5.74) is 5.89. The molecular weight excluding hydrogens is 286 g/mol. The van der Waals surface area contributed by atoms with Gasteiger partial charge in [-0.25, -0.2) is 4.98 Å². The topological polar surface area (TPSA) is 85.8 Å². The molecule has 0 aromatic carbocycles. The van der Waals surface area contributed by atoms with Crippen LogP contribution in [0.15, 0.2) is 23.8 Å². The van der Waals surface area contributed by atoms with E-state index in [1.54, 1.807) is 11.6 Å². The molecule has 0 aliphatic heterocycles. The van der Waals surface area contributed by atoms with Crippen LogP contribution in [0, 0.1) is 0 Å². The van der Waals surface area contributed by atoms with Crippen LogP contribution in [0.2, 0.25) is 0 Å². The summed E-state index contributed by atoms with van der Waals surface area (Å²) in [5.74, 6) is -0.147. The Labute approximate surface area is 121 Å². The molecule has 0 spiro atoms. The molecule has 8 heteroatoms. The van der Waals surface area contributed by atoms with E-state index in [1.165, 1.54) is 11.3 Å². The largest absolute Gasteiger partial charge is 0.351 e. The maximum Gasteiger partial charge on any atom is 0.270 e. The van der Waals surface area contributed by atoms with Gasteiger partial charge in [0.2, 0.25) is 0 Å². The van der Waals surface area contributed by atoms with Crippen LogP contribution >= 0.6 is 23.7 Å². The summed E-state index contributed by atoms with van der Waals surface area (Å²) in [6, 6.07) is 1.88. The standard InChI is InChI=1S/C11H15N5OS.ClH/c12-7-10-15-9(8-18-10)11(17)13-3-1-5-16-6-2-4-14-16;/h2,4,6,8H,1,3,5,7,12H2,(H,13,17);1H. The lowest BCUT2D eigenvalue weighted by Gasteiger charge is -2.03. The fourth-order valence-corrected chi connectivity index (χ4v) is 2.13. The first-order valence-electron chi connectivity index (χ1n) is 5.69. The zero-order valence-corrected chi connectivity index (χ0v) is 11.9. The second-order valence-corrected chi connectivity index (χ2v) is 4.65. The molecule has 0 atom stereocenters. The van der Waals surface area contributed by atoms with Crippen LogP contribution in [0.1, 0.15) is 21.9 Å². The van der Waals surface area contributed by atoms with Crippen LogP contribution in [0.3, 0.4) is 0 Å². The third kappa shape index (κ3) is 4.62. The number of aryl methyl sites for hydroxylation is 1. The minimum absolute atomic E-state index is 0. The van der Waals surface area contributed by atoms with Gasteiger partial charge in [0.05, 0.1) is 0 Å². The number of hydrogen-bond donors (Lipinski definition) is 2. The fraction of sp³-hybridized carbons (Fsp3) is 0.364. The highest BCUT2D eigenvalue weighted by Gasteiger charge is 2.08. The van der Waals surface area contributed by atoms with Crippen LogP contribution in [-0.2, 0) is 13.1 Å². The molecule has 0 radical (unpaired) electrons. The van der Waals surface area contributed by atoms with Crippen LogP contribution < -0.4 is 11.1 Å². The van der Waals surface area contributed by atoms with Gasteiger partial charge in [0.25, 0.3) is 5.91 Å². The number of nitrogens with zero attached hydrogens (tertiary/aromatic N) is 3. The Morgan fingerprint density at radius 1 is 1.53 bits per heavy atom. The summed E-state index contributed by atoms with van der Waals surface area (Å²) in [6.45, 7) is 1.77. The number of halogens is 1. The Morgan fingerprint density at radius 3 is 3.00 bits per heavy atom. The second kappa shape index (κ2) is 7.88. The minimum atomic E-state index is -0.147. The maximum absolute atomic E-state index is 11.7. The second-order valence-electron chi connectivity index (χ2n) is 3.71. The first kappa shape index (κ1) is 15.6. The lowest BCUT2D eigenvalue weighted by Crippen LogP contribution is -2.25. The van der Waals surface area contributed by atoms with Crippen LogP contribution in [0.4, 0.5) is 0 Å². The quantitative estimate of drug-likeness (QED) is 0.781. The zero-order chi connectivity index (χ0) is 12.8. The van der Waals surface area contributed by atoms with Gasteiger partial charge in [0.1, 0.15) is 10.7 Å². The average molecular weight is 302 g/mol. The number of aromatic nitrogens is 3. The van der Waals surface area contributed by atoms with E-state index in [0.29, 0.717) is 18.8 Å². The van der Waals surface area contributed by atoms with Gasteiger partial charge in [0, 0.05) is 37.4 Å². The number of hydrogen-bond acceptors (Lipinski definition) is 5. The molecule has 2 rings (SSSR count). The van der Waals surface area contributed by atoms with Crippen molar-refractivity contribution < 1.29 is 4.79 Å². The fourth-order valence-electron chi connectivity index (χ4n) is 1.48. The number of carbonyl (C=O) groups is 1. The first-order chi connectivity index (χ1) is 8.79. The Balaban J connectivity index is 0.00000180. The van der Waals surface area contributed by atoms with Gasteiger partial charge in [-0.1, -0.05) is 0 Å². The van der Waals surface area contributed by atoms with Crippen LogP contribution in [0.25, 0.3) is 0 Å². The Kier molecular flexibility index (Phi) is 6.48. The number of amides is 1. The number of nitrogens with two attached hydrogens (primary N) is 1. The van der Waals surface area contributed by atoms with Gasteiger partial charge in [-0.05, 0) is 12.5 Å². The molecule has 0 saturated carbocycles. The molecule has 0 saturated heterocycles. The van der Waals surface area contributed by atoms with Crippen molar-refractivity contribution in [1.82, 2.24) is 20.1 Å². The minimum Gasteiger partial charge on any atom is -0.351 e. The molecule has 0 fully saturated rings. The van der Waals surface area contributed by atoms with E-state index < -0.39 is 0 Å². The molecule has 1 amide bonds. The molecule has 0 unspecified atom stereocenters. The van der Waals surface area contributed by atoms with Crippen LogP contribution in [0.5, 0.6) is 0 Å².